The van der Waals surface area contributed by atoms with Crippen molar-refractivity contribution in [2.75, 3.05) is 6.54 Å². The minimum absolute atomic E-state index is 0.126. The van der Waals surface area contributed by atoms with Gasteiger partial charge in [0.1, 0.15) is 0 Å². The van der Waals surface area contributed by atoms with E-state index in [9.17, 15) is 8.42 Å². The van der Waals surface area contributed by atoms with Gasteiger partial charge < -0.3 is 0 Å². The van der Waals surface area contributed by atoms with Gasteiger partial charge in [0, 0.05) is 12.6 Å². The van der Waals surface area contributed by atoms with Crippen LogP contribution in [0.1, 0.15) is 45.6 Å². The van der Waals surface area contributed by atoms with Crippen LogP contribution in [0.15, 0.2) is 30.3 Å². The Bertz CT molecular complexity index is 623. The molecular weight excluding hydrogens is 282 g/mol. The lowest BCUT2D eigenvalue weighted by molar-refractivity contribution is 0.133. The summed E-state index contributed by atoms with van der Waals surface area (Å²) in [6, 6.07) is 9.70. The van der Waals surface area contributed by atoms with Crippen molar-refractivity contribution in [3.8, 4) is 0 Å². The van der Waals surface area contributed by atoms with E-state index in [4.69, 9.17) is 0 Å². The van der Waals surface area contributed by atoms with Crippen LogP contribution in [-0.4, -0.2) is 25.3 Å². The molecule has 2 fully saturated rings. The Morgan fingerprint density at radius 3 is 2.48 bits per heavy atom. The van der Waals surface area contributed by atoms with Crippen LogP contribution in [0, 0.1) is 10.8 Å². The summed E-state index contributed by atoms with van der Waals surface area (Å²) in [4.78, 5) is 0. The van der Waals surface area contributed by atoms with Crippen LogP contribution in [0.3, 0.4) is 0 Å². The molecule has 1 aliphatic heterocycles. The molecule has 0 amide bonds. The number of rotatable bonds is 3. The van der Waals surface area contributed by atoms with Crippen molar-refractivity contribution in [1.29, 1.82) is 0 Å². The second-order valence-corrected chi connectivity index (χ2v) is 9.92. The average Bonchev–Trinajstić information content (AvgIpc) is 2.60. The average molecular weight is 307 g/mol. The molecule has 1 aromatic rings. The lowest BCUT2D eigenvalue weighted by Crippen LogP contribution is -2.38. The standard InChI is InChI=1S/C17H25NO2S/c1-16(2)9-15-10-17(3,12-16)13-18(15)21(19,20)11-14-7-5-4-6-8-14/h4-8,15H,9-13H2,1-3H3/t15-,17-/m0/s1. The molecule has 0 radical (unpaired) electrons. The van der Waals surface area contributed by atoms with Gasteiger partial charge in [0.25, 0.3) is 0 Å². The SMILES string of the molecule is CC1(C)C[C@H]2C[C@](C)(CN2S(=O)(=O)Cc2ccccc2)C1. The smallest absolute Gasteiger partial charge is 0.212 e. The second kappa shape index (κ2) is 4.82. The Labute approximate surface area is 128 Å². The van der Waals surface area contributed by atoms with Crippen LogP contribution < -0.4 is 0 Å². The highest BCUT2D eigenvalue weighted by molar-refractivity contribution is 7.88. The predicted octanol–water partition coefficient (Wildman–Crippen LogP) is 3.42. The van der Waals surface area contributed by atoms with Gasteiger partial charge in [0.15, 0.2) is 0 Å². The van der Waals surface area contributed by atoms with Gasteiger partial charge >= 0.3 is 0 Å². The monoisotopic (exact) mass is 307 g/mol. The second-order valence-electron chi connectivity index (χ2n) is 8.00. The molecule has 2 bridgehead atoms. The molecule has 1 aliphatic carbocycles. The summed E-state index contributed by atoms with van der Waals surface area (Å²) >= 11 is 0. The third-order valence-electron chi connectivity index (χ3n) is 4.92. The molecule has 1 saturated heterocycles. The van der Waals surface area contributed by atoms with Crippen molar-refractivity contribution >= 4 is 10.0 Å². The zero-order valence-corrected chi connectivity index (χ0v) is 14.0. The molecule has 0 aromatic heterocycles. The van der Waals surface area contributed by atoms with Gasteiger partial charge in [-0.3, -0.25) is 0 Å². The van der Waals surface area contributed by atoms with Crippen LogP contribution in [0.2, 0.25) is 0 Å². The number of hydrogen-bond acceptors (Lipinski definition) is 2. The van der Waals surface area contributed by atoms with E-state index in [0.29, 0.717) is 6.54 Å². The molecule has 1 aromatic carbocycles. The van der Waals surface area contributed by atoms with E-state index in [2.05, 4.69) is 20.8 Å². The number of hydrogen-bond donors (Lipinski definition) is 0. The summed E-state index contributed by atoms with van der Waals surface area (Å²) in [5.41, 5.74) is 1.27. The van der Waals surface area contributed by atoms with Crippen molar-refractivity contribution in [3.05, 3.63) is 35.9 Å². The van der Waals surface area contributed by atoms with Crippen molar-refractivity contribution < 1.29 is 8.42 Å². The minimum Gasteiger partial charge on any atom is -0.212 e. The Kier molecular flexibility index (Phi) is 3.45. The topological polar surface area (TPSA) is 37.4 Å². The fraction of sp³-hybridized carbons (Fsp3) is 0.647. The van der Waals surface area contributed by atoms with Crippen LogP contribution >= 0.6 is 0 Å². The molecule has 116 valence electrons. The minimum atomic E-state index is -3.22. The molecule has 3 rings (SSSR count). The molecule has 4 heteroatoms. The molecule has 0 unspecified atom stereocenters. The maximum absolute atomic E-state index is 12.8. The van der Waals surface area contributed by atoms with E-state index in [0.717, 1.165) is 24.8 Å². The van der Waals surface area contributed by atoms with E-state index in [1.807, 2.05) is 30.3 Å². The highest BCUT2D eigenvalue weighted by atomic mass is 32.2. The molecule has 2 atom stereocenters. The number of benzene rings is 1. The van der Waals surface area contributed by atoms with Gasteiger partial charge in [-0.05, 0) is 35.7 Å². The maximum Gasteiger partial charge on any atom is 0.218 e. The van der Waals surface area contributed by atoms with E-state index in [1.165, 1.54) is 0 Å². The normalized spacial score (nSPS) is 32.2. The zero-order chi connectivity index (χ0) is 15.3. The number of sulfonamides is 1. The van der Waals surface area contributed by atoms with Gasteiger partial charge in [-0.15, -0.1) is 0 Å². The fourth-order valence-electron chi connectivity index (χ4n) is 4.60. The van der Waals surface area contributed by atoms with Crippen LogP contribution in [0.5, 0.6) is 0 Å². The third-order valence-corrected chi connectivity index (χ3v) is 6.76. The molecule has 2 aliphatic rings. The van der Waals surface area contributed by atoms with Gasteiger partial charge in [-0.25, -0.2) is 8.42 Å². The summed E-state index contributed by atoms with van der Waals surface area (Å²) in [5, 5.41) is 0. The Balaban J connectivity index is 1.84. The molecule has 21 heavy (non-hydrogen) atoms. The quantitative estimate of drug-likeness (QED) is 0.858. The van der Waals surface area contributed by atoms with Gasteiger partial charge in [0.2, 0.25) is 10.0 Å². The molecular formula is C17H25NO2S. The summed E-state index contributed by atoms with van der Waals surface area (Å²) in [6.07, 6.45) is 3.12. The summed E-state index contributed by atoms with van der Waals surface area (Å²) in [6.45, 7) is 7.48. The highest BCUT2D eigenvalue weighted by Crippen LogP contribution is 2.53. The summed E-state index contributed by atoms with van der Waals surface area (Å²) < 4.78 is 27.4. The molecule has 1 heterocycles. The molecule has 0 N–H and O–H groups in total. The molecule has 1 saturated carbocycles. The first-order valence-electron chi connectivity index (χ1n) is 7.73. The highest BCUT2D eigenvalue weighted by Gasteiger charge is 2.52. The zero-order valence-electron chi connectivity index (χ0n) is 13.2. The van der Waals surface area contributed by atoms with Crippen molar-refractivity contribution in [2.45, 2.75) is 51.8 Å². The van der Waals surface area contributed by atoms with Gasteiger partial charge in [-0.2, -0.15) is 4.31 Å². The van der Waals surface area contributed by atoms with E-state index in [1.54, 1.807) is 4.31 Å². The predicted molar refractivity (Wildman–Crippen MR) is 85.3 cm³/mol. The van der Waals surface area contributed by atoms with Crippen molar-refractivity contribution in [3.63, 3.8) is 0 Å². The summed E-state index contributed by atoms with van der Waals surface area (Å²) in [7, 11) is -3.22. The van der Waals surface area contributed by atoms with Crippen LogP contribution in [0.25, 0.3) is 0 Å². The Hall–Kier alpha value is -0.870. The maximum atomic E-state index is 12.8. The van der Waals surface area contributed by atoms with Crippen molar-refractivity contribution in [2.24, 2.45) is 10.8 Å². The lowest BCUT2D eigenvalue weighted by Gasteiger charge is -2.39. The number of fused-ring (bicyclic) bond motifs is 2. The first-order valence-corrected chi connectivity index (χ1v) is 9.34. The number of nitrogens with zero attached hydrogens (tertiary/aromatic N) is 1. The first-order chi connectivity index (χ1) is 9.69. The van der Waals surface area contributed by atoms with E-state index < -0.39 is 10.0 Å². The lowest BCUT2D eigenvalue weighted by atomic mass is 9.65. The largest absolute Gasteiger partial charge is 0.218 e. The third kappa shape index (κ3) is 3.02. The first kappa shape index (κ1) is 15.0. The van der Waals surface area contributed by atoms with Gasteiger partial charge in [0.05, 0.1) is 5.75 Å². The Morgan fingerprint density at radius 1 is 1.14 bits per heavy atom. The van der Waals surface area contributed by atoms with Gasteiger partial charge in [-0.1, -0.05) is 51.1 Å². The van der Waals surface area contributed by atoms with Crippen LogP contribution in [-0.2, 0) is 15.8 Å². The van der Waals surface area contributed by atoms with Crippen molar-refractivity contribution in [1.82, 2.24) is 4.31 Å². The van der Waals surface area contributed by atoms with Crippen LogP contribution in [0.4, 0.5) is 0 Å². The molecule has 0 spiro atoms. The fourth-order valence-corrected chi connectivity index (χ4v) is 6.49. The summed E-state index contributed by atoms with van der Waals surface area (Å²) in [5.74, 6) is 0.126. The van der Waals surface area contributed by atoms with E-state index in [-0.39, 0.29) is 22.6 Å². The van der Waals surface area contributed by atoms with E-state index >= 15 is 0 Å². The Morgan fingerprint density at radius 2 is 1.81 bits per heavy atom. The molecule has 3 nitrogen and oxygen atoms in total.